The molecule has 3 rings (SSSR count). The quantitative estimate of drug-likeness (QED) is 0.745. The van der Waals surface area contributed by atoms with Crippen molar-refractivity contribution in [2.75, 3.05) is 6.61 Å². The van der Waals surface area contributed by atoms with E-state index < -0.39 is 6.04 Å². The Morgan fingerprint density at radius 3 is 2.71 bits per heavy atom. The lowest BCUT2D eigenvalue weighted by Crippen LogP contribution is -2.31. The lowest BCUT2D eigenvalue weighted by molar-refractivity contribution is 0.0911. The minimum atomic E-state index is -0.489. The maximum absolute atomic E-state index is 12.6. The van der Waals surface area contributed by atoms with Crippen LogP contribution >= 0.6 is 0 Å². The summed E-state index contributed by atoms with van der Waals surface area (Å²) in [5.41, 5.74) is 1.94. The first kappa shape index (κ1) is 16.1. The van der Waals surface area contributed by atoms with Gasteiger partial charge in [-0.2, -0.15) is 10.1 Å². The first-order valence-electron chi connectivity index (χ1n) is 7.77. The van der Waals surface area contributed by atoms with Crippen molar-refractivity contribution in [2.45, 2.75) is 25.8 Å². The Kier molecular flexibility index (Phi) is 4.52. The second-order valence-electron chi connectivity index (χ2n) is 5.81. The monoisotopic (exact) mass is 325 g/mol. The molecule has 0 saturated heterocycles. The highest BCUT2D eigenvalue weighted by atomic mass is 16.3. The van der Waals surface area contributed by atoms with Gasteiger partial charge in [-0.25, -0.2) is 9.50 Å². The number of carbonyl (C=O) groups is 1. The number of hydrogen-bond acceptors (Lipinski definition) is 5. The molecule has 124 valence electrons. The fraction of sp³-hybridized carbons (Fsp3) is 0.294. The summed E-state index contributed by atoms with van der Waals surface area (Å²) in [5.74, 6) is 0.184. The predicted octanol–water partition coefficient (Wildman–Crippen LogP) is 1.71. The largest absolute Gasteiger partial charge is 0.394 e. The Morgan fingerprint density at radius 2 is 2.04 bits per heavy atom. The van der Waals surface area contributed by atoms with Crippen molar-refractivity contribution < 1.29 is 9.90 Å². The minimum absolute atomic E-state index is 0.159. The van der Waals surface area contributed by atoms with Gasteiger partial charge < -0.3 is 10.4 Å². The molecule has 0 radical (unpaired) electrons. The first-order valence-corrected chi connectivity index (χ1v) is 7.77. The van der Waals surface area contributed by atoms with Gasteiger partial charge in [0.1, 0.15) is 12.0 Å². The van der Waals surface area contributed by atoms with Gasteiger partial charge in [-0.1, -0.05) is 44.2 Å². The van der Waals surface area contributed by atoms with Gasteiger partial charge in [0.2, 0.25) is 0 Å². The summed E-state index contributed by atoms with van der Waals surface area (Å²) in [7, 11) is 0. The molecule has 7 nitrogen and oxygen atoms in total. The first-order chi connectivity index (χ1) is 11.6. The highest BCUT2D eigenvalue weighted by Crippen LogP contribution is 2.17. The molecule has 0 saturated carbocycles. The SMILES string of the molecule is CC(C)c1cc(C(=O)NC(CO)c2ccccc2)nc2ncnn12. The molecule has 0 fully saturated rings. The summed E-state index contributed by atoms with van der Waals surface area (Å²) >= 11 is 0. The third-order valence-corrected chi connectivity index (χ3v) is 3.79. The van der Waals surface area contributed by atoms with Crippen molar-refractivity contribution in [1.29, 1.82) is 0 Å². The molecule has 0 aliphatic heterocycles. The normalized spacial score (nSPS) is 12.5. The summed E-state index contributed by atoms with van der Waals surface area (Å²) in [4.78, 5) is 20.9. The zero-order valence-electron chi connectivity index (χ0n) is 13.5. The Labute approximate surface area is 139 Å². The number of carbonyl (C=O) groups excluding carboxylic acids is 1. The van der Waals surface area contributed by atoms with Crippen LogP contribution in [0.4, 0.5) is 0 Å². The molecule has 0 bridgehead atoms. The number of fused-ring (bicyclic) bond motifs is 1. The number of aliphatic hydroxyl groups excluding tert-OH is 1. The number of nitrogens with zero attached hydrogens (tertiary/aromatic N) is 4. The van der Waals surface area contributed by atoms with Crippen molar-refractivity contribution in [3.8, 4) is 0 Å². The molecular weight excluding hydrogens is 306 g/mol. The molecule has 0 spiro atoms. The summed E-state index contributed by atoms with van der Waals surface area (Å²) in [6.45, 7) is 3.83. The van der Waals surface area contributed by atoms with Crippen LogP contribution in [-0.4, -0.2) is 37.2 Å². The Morgan fingerprint density at radius 1 is 1.29 bits per heavy atom. The van der Waals surface area contributed by atoms with E-state index >= 15 is 0 Å². The molecule has 24 heavy (non-hydrogen) atoms. The number of nitrogens with one attached hydrogen (secondary N) is 1. The van der Waals surface area contributed by atoms with E-state index in [9.17, 15) is 9.90 Å². The molecular formula is C17H19N5O2. The molecule has 1 atom stereocenters. The molecule has 2 N–H and O–H groups in total. The van der Waals surface area contributed by atoms with E-state index in [2.05, 4.69) is 20.4 Å². The standard InChI is InChI=1S/C17H19N5O2/c1-11(2)15-8-13(21-17-18-10-19-22(15)17)16(24)20-14(9-23)12-6-4-3-5-7-12/h3-8,10-11,14,23H,9H2,1-2H3,(H,20,24). The van der Waals surface area contributed by atoms with Gasteiger partial charge in [-0.15, -0.1) is 0 Å². The Bertz CT molecular complexity index is 845. The molecule has 1 unspecified atom stereocenters. The van der Waals surface area contributed by atoms with Crippen LogP contribution in [0.15, 0.2) is 42.7 Å². The minimum Gasteiger partial charge on any atom is -0.394 e. The van der Waals surface area contributed by atoms with Gasteiger partial charge in [0.15, 0.2) is 0 Å². The van der Waals surface area contributed by atoms with Crippen LogP contribution in [0.5, 0.6) is 0 Å². The summed E-state index contributed by atoms with van der Waals surface area (Å²) in [6.07, 6.45) is 1.41. The van der Waals surface area contributed by atoms with Gasteiger partial charge >= 0.3 is 0 Å². The van der Waals surface area contributed by atoms with Crippen LogP contribution < -0.4 is 5.32 Å². The third-order valence-electron chi connectivity index (χ3n) is 3.79. The van der Waals surface area contributed by atoms with Gasteiger partial charge in [0, 0.05) is 0 Å². The maximum atomic E-state index is 12.6. The topological polar surface area (TPSA) is 92.4 Å². The molecule has 0 aliphatic rings. The fourth-order valence-corrected chi connectivity index (χ4v) is 2.51. The van der Waals surface area contributed by atoms with Crippen molar-refractivity contribution in [1.82, 2.24) is 24.9 Å². The van der Waals surface area contributed by atoms with Gasteiger partial charge in [-0.05, 0) is 17.5 Å². The van der Waals surface area contributed by atoms with E-state index in [1.54, 1.807) is 10.6 Å². The molecule has 7 heteroatoms. The predicted molar refractivity (Wildman–Crippen MR) is 88.6 cm³/mol. The van der Waals surface area contributed by atoms with E-state index in [4.69, 9.17) is 0 Å². The zero-order valence-corrected chi connectivity index (χ0v) is 13.5. The lowest BCUT2D eigenvalue weighted by atomic mass is 10.1. The number of amides is 1. The smallest absolute Gasteiger partial charge is 0.270 e. The Balaban J connectivity index is 1.91. The Hall–Kier alpha value is -2.80. The van der Waals surface area contributed by atoms with Crippen molar-refractivity contribution in [3.05, 3.63) is 59.7 Å². The number of benzene rings is 1. The summed E-state index contributed by atoms with van der Waals surface area (Å²) in [6, 6.07) is 10.5. The second-order valence-corrected chi connectivity index (χ2v) is 5.81. The molecule has 1 amide bonds. The van der Waals surface area contributed by atoms with Crippen LogP contribution in [-0.2, 0) is 0 Å². The molecule has 1 aromatic carbocycles. The number of aliphatic hydroxyl groups is 1. The molecule has 2 aromatic heterocycles. The number of rotatable bonds is 5. The highest BCUT2D eigenvalue weighted by Gasteiger charge is 2.19. The average molecular weight is 325 g/mol. The number of hydrogen-bond donors (Lipinski definition) is 2. The maximum Gasteiger partial charge on any atom is 0.270 e. The summed E-state index contributed by atoms with van der Waals surface area (Å²) < 4.78 is 1.63. The third kappa shape index (κ3) is 3.11. The molecule has 0 aliphatic carbocycles. The van der Waals surface area contributed by atoms with E-state index in [0.29, 0.717) is 5.78 Å². The van der Waals surface area contributed by atoms with Gasteiger partial charge in [0.25, 0.3) is 11.7 Å². The fourth-order valence-electron chi connectivity index (χ4n) is 2.51. The highest BCUT2D eigenvalue weighted by molar-refractivity contribution is 5.93. The van der Waals surface area contributed by atoms with Crippen LogP contribution in [0.1, 0.15) is 47.6 Å². The van der Waals surface area contributed by atoms with Crippen molar-refractivity contribution in [2.24, 2.45) is 0 Å². The van der Waals surface area contributed by atoms with E-state index in [0.717, 1.165) is 11.3 Å². The van der Waals surface area contributed by atoms with E-state index in [1.165, 1.54) is 6.33 Å². The van der Waals surface area contributed by atoms with Gasteiger partial charge in [-0.3, -0.25) is 4.79 Å². The number of aromatic nitrogens is 4. The molecule has 2 heterocycles. The van der Waals surface area contributed by atoms with Gasteiger partial charge in [0.05, 0.1) is 18.3 Å². The lowest BCUT2D eigenvalue weighted by Gasteiger charge is -2.17. The van der Waals surface area contributed by atoms with Crippen molar-refractivity contribution >= 4 is 11.7 Å². The van der Waals surface area contributed by atoms with Crippen LogP contribution in [0, 0.1) is 0 Å². The molecule has 3 aromatic rings. The van der Waals surface area contributed by atoms with E-state index in [-0.39, 0.29) is 24.1 Å². The summed E-state index contributed by atoms with van der Waals surface area (Å²) in [5, 5.41) is 16.5. The van der Waals surface area contributed by atoms with Crippen LogP contribution in [0.25, 0.3) is 5.78 Å². The zero-order chi connectivity index (χ0) is 17.1. The second kappa shape index (κ2) is 6.76. The van der Waals surface area contributed by atoms with Crippen LogP contribution in [0.2, 0.25) is 0 Å². The van der Waals surface area contributed by atoms with Crippen molar-refractivity contribution in [3.63, 3.8) is 0 Å². The van der Waals surface area contributed by atoms with E-state index in [1.807, 2.05) is 44.2 Å². The van der Waals surface area contributed by atoms with Crippen LogP contribution in [0.3, 0.4) is 0 Å². The average Bonchev–Trinajstić information content (AvgIpc) is 3.07.